The van der Waals surface area contributed by atoms with Gasteiger partial charge in [0.1, 0.15) is 0 Å². The van der Waals surface area contributed by atoms with Gasteiger partial charge < -0.3 is 5.73 Å². The number of hydrogen-bond acceptors (Lipinski definition) is 2. The molecule has 1 aliphatic heterocycles. The Morgan fingerprint density at radius 1 is 1.42 bits per heavy atom. The molecule has 1 unspecified atom stereocenters. The first-order valence-electron chi connectivity index (χ1n) is 6.48. The second-order valence-electron chi connectivity index (χ2n) is 5.22. The zero-order valence-corrected chi connectivity index (χ0v) is 14.3. The Hall–Kier alpha value is 0.200. The number of nitrogens with zero attached hydrogens (tertiary/aromatic N) is 1. The van der Waals surface area contributed by atoms with E-state index in [4.69, 9.17) is 17.3 Å². The Morgan fingerprint density at radius 2 is 2.05 bits per heavy atom. The van der Waals surface area contributed by atoms with Crippen LogP contribution in [0.5, 0.6) is 0 Å². The minimum absolute atomic E-state index is 0. The molecule has 108 valence electrons. The molecule has 2 N–H and O–H groups in total. The van der Waals surface area contributed by atoms with Crippen molar-refractivity contribution in [3.63, 3.8) is 0 Å². The van der Waals surface area contributed by atoms with Crippen LogP contribution >= 0.6 is 39.9 Å². The van der Waals surface area contributed by atoms with Crippen LogP contribution in [0.2, 0.25) is 5.02 Å². The number of likely N-dealkylation sites (tertiary alicyclic amines) is 1. The molecule has 1 atom stereocenters. The van der Waals surface area contributed by atoms with Crippen molar-refractivity contribution in [1.29, 1.82) is 0 Å². The number of hydrogen-bond donors (Lipinski definition) is 1. The van der Waals surface area contributed by atoms with Gasteiger partial charge in [-0.05, 0) is 72.4 Å². The number of rotatable bonds is 3. The summed E-state index contributed by atoms with van der Waals surface area (Å²) in [6.07, 6.45) is 2.42. The van der Waals surface area contributed by atoms with Gasteiger partial charge in [-0.3, -0.25) is 4.90 Å². The lowest BCUT2D eigenvalue weighted by molar-refractivity contribution is 0.166. The van der Waals surface area contributed by atoms with Gasteiger partial charge in [0.25, 0.3) is 0 Å². The Morgan fingerprint density at radius 3 is 2.58 bits per heavy atom. The molecular formula is C14H21BrCl2N2. The monoisotopic (exact) mass is 366 g/mol. The lowest BCUT2D eigenvalue weighted by atomic mass is 9.91. The third-order valence-electron chi connectivity index (χ3n) is 3.77. The minimum Gasteiger partial charge on any atom is -0.328 e. The fourth-order valence-electron chi connectivity index (χ4n) is 2.53. The van der Waals surface area contributed by atoms with Crippen molar-refractivity contribution >= 4 is 39.9 Å². The van der Waals surface area contributed by atoms with E-state index in [9.17, 15) is 0 Å². The van der Waals surface area contributed by atoms with E-state index >= 15 is 0 Å². The molecule has 1 heterocycles. The number of piperidine rings is 1. The van der Waals surface area contributed by atoms with Crippen molar-refractivity contribution in [3.8, 4) is 0 Å². The van der Waals surface area contributed by atoms with Gasteiger partial charge in [-0.1, -0.05) is 17.7 Å². The third-order valence-corrected chi connectivity index (χ3v) is 5.00. The maximum Gasteiger partial charge on any atom is 0.0551 e. The van der Waals surface area contributed by atoms with E-state index in [-0.39, 0.29) is 12.4 Å². The molecule has 0 aliphatic carbocycles. The molecule has 1 aromatic rings. The Balaban J connectivity index is 0.00000180. The number of nitrogens with two attached hydrogens (primary N) is 1. The Labute approximate surface area is 135 Å². The van der Waals surface area contributed by atoms with Crippen molar-refractivity contribution in [1.82, 2.24) is 4.90 Å². The van der Waals surface area contributed by atoms with Crippen molar-refractivity contribution in [2.24, 2.45) is 11.7 Å². The molecule has 0 saturated carbocycles. The summed E-state index contributed by atoms with van der Waals surface area (Å²) in [7, 11) is 0. The van der Waals surface area contributed by atoms with E-state index in [2.05, 4.69) is 33.8 Å². The summed E-state index contributed by atoms with van der Waals surface area (Å²) in [5.74, 6) is 0.690. The smallest absolute Gasteiger partial charge is 0.0551 e. The predicted molar refractivity (Wildman–Crippen MR) is 88.1 cm³/mol. The molecule has 0 bridgehead atoms. The van der Waals surface area contributed by atoms with Crippen molar-refractivity contribution < 1.29 is 0 Å². The Kier molecular flexibility index (Phi) is 7.12. The highest BCUT2D eigenvalue weighted by molar-refractivity contribution is 9.10. The SMILES string of the molecule is CC(N)C1CCN(Cc2ccc(Br)c(Cl)c2)CC1.Cl. The summed E-state index contributed by atoms with van der Waals surface area (Å²) in [5, 5.41) is 0.790. The summed E-state index contributed by atoms with van der Waals surface area (Å²) in [4.78, 5) is 2.48. The van der Waals surface area contributed by atoms with Crippen molar-refractivity contribution in [3.05, 3.63) is 33.3 Å². The first-order valence-corrected chi connectivity index (χ1v) is 7.65. The van der Waals surface area contributed by atoms with Gasteiger partial charge in [-0.15, -0.1) is 12.4 Å². The van der Waals surface area contributed by atoms with Crippen LogP contribution in [0, 0.1) is 5.92 Å². The van der Waals surface area contributed by atoms with Crippen molar-refractivity contribution in [2.75, 3.05) is 13.1 Å². The summed E-state index contributed by atoms with van der Waals surface area (Å²) in [6.45, 7) is 5.38. The molecule has 1 saturated heterocycles. The molecule has 0 aromatic heterocycles. The second kappa shape index (κ2) is 7.84. The van der Waals surface area contributed by atoms with E-state index in [1.807, 2.05) is 12.1 Å². The predicted octanol–water partition coefficient (Wildman–Crippen LogP) is 4.08. The molecule has 0 amide bonds. The standard InChI is InChI=1S/C14H20BrClN2.ClH/c1-10(17)12-4-6-18(7-5-12)9-11-2-3-13(15)14(16)8-11;/h2-3,8,10,12H,4-7,9,17H2,1H3;1H. The summed E-state index contributed by atoms with van der Waals surface area (Å²) < 4.78 is 0.962. The minimum atomic E-state index is 0. The van der Waals surface area contributed by atoms with Crippen LogP contribution in [0.25, 0.3) is 0 Å². The highest BCUT2D eigenvalue weighted by Gasteiger charge is 2.21. The van der Waals surface area contributed by atoms with E-state index in [1.165, 1.54) is 18.4 Å². The van der Waals surface area contributed by atoms with Crippen LogP contribution in [0.4, 0.5) is 0 Å². The van der Waals surface area contributed by atoms with E-state index < -0.39 is 0 Å². The van der Waals surface area contributed by atoms with E-state index in [0.29, 0.717) is 12.0 Å². The largest absolute Gasteiger partial charge is 0.328 e. The van der Waals surface area contributed by atoms with Gasteiger partial charge in [0.15, 0.2) is 0 Å². The van der Waals surface area contributed by atoms with Crippen LogP contribution in [-0.4, -0.2) is 24.0 Å². The first kappa shape index (κ1) is 17.3. The van der Waals surface area contributed by atoms with Crippen LogP contribution in [0.1, 0.15) is 25.3 Å². The summed E-state index contributed by atoms with van der Waals surface area (Å²) >= 11 is 9.53. The molecule has 0 radical (unpaired) electrons. The van der Waals surface area contributed by atoms with E-state index in [0.717, 1.165) is 29.1 Å². The van der Waals surface area contributed by atoms with Gasteiger partial charge in [-0.25, -0.2) is 0 Å². The summed E-state index contributed by atoms with van der Waals surface area (Å²) in [6, 6.07) is 6.53. The average molecular weight is 368 g/mol. The fourth-order valence-corrected chi connectivity index (χ4v) is 2.98. The Bertz CT molecular complexity index is 404. The van der Waals surface area contributed by atoms with Gasteiger partial charge in [-0.2, -0.15) is 0 Å². The highest BCUT2D eigenvalue weighted by Crippen LogP contribution is 2.25. The topological polar surface area (TPSA) is 29.3 Å². The van der Waals surface area contributed by atoms with Gasteiger partial charge in [0, 0.05) is 17.1 Å². The zero-order valence-electron chi connectivity index (χ0n) is 11.1. The van der Waals surface area contributed by atoms with Crippen LogP contribution in [-0.2, 0) is 6.54 Å². The normalized spacial score (nSPS) is 18.9. The lowest BCUT2D eigenvalue weighted by Crippen LogP contribution is -2.39. The molecule has 2 rings (SSSR count). The lowest BCUT2D eigenvalue weighted by Gasteiger charge is -2.33. The number of benzene rings is 1. The number of halogens is 3. The highest BCUT2D eigenvalue weighted by atomic mass is 79.9. The molecule has 1 fully saturated rings. The molecule has 1 aromatic carbocycles. The van der Waals surface area contributed by atoms with E-state index in [1.54, 1.807) is 0 Å². The molecule has 0 spiro atoms. The molecule has 2 nitrogen and oxygen atoms in total. The average Bonchev–Trinajstić information content (AvgIpc) is 2.34. The quantitative estimate of drug-likeness (QED) is 0.871. The maximum atomic E-state index is 6.11. The third kappa shape index (κ3) is 4.91. The van der Waals surface area contributed by atoms with Gasteiger partial charge in [0.05, 0.1) is 5.02 Å². The van der Waals surface area contributed by atoms with Crippen LogP contribution < -0.4 is 5.73 Å². The molecule has 5 heteroatoms. The summed E-state index contributed by atoms with van der Waals surface area (Å²) in [5.41, 5.74) is 7.24. The van der Waals surface area contributed by atoms with Crippen LogP contribution in [0.3, 0.4) is 0 Å². The molecule has 1 aliphatic rings. The maximum absolute atomic E-state index is 6.11. The molecular weight excluding hydrogens is 347 g/mol. The fraction of sp³-hybridized carbons (Fsp3) is 0.571. The molecule has 19 heavy (non-hydrogen) atoms. The zero-order chi connectivity index (χ0) is 13.1. The second-order valence-corrected chi connectivity index (χ2v) is 6.48. The van der Waals surface area contributed by atoms with Crippen LogP contribution in [0.15, 0.2) is 22.7 Å². The van der Waals surface area contributed by atoms with Crippen molar-refractivity contribution in [2.45, 2.75) is 32.4 Å². The van der Waals surface area contributed by atoms with Gasteiger partial charge in [0.2, 0.25) is 0 Å². The first-order chi connectivity index (χ1) is 8.56. The van der Waals surface area contributed by atoms with Gasteiger partial charge >= 0.3 is 0 Å².